The van der Waals surface area contributed by atoms with Crippen LogP contribution in [0, 0.1) is 13.8 Å². The number of hydrogen-bond acceptors (Lipinski definition) is 5. The number of amides is 1. The fourth-order valence-corrected chi connectivity index (χ4v) is 3.09. The highest BCUT2D eigenvalue weighted by Gasteiger charge is 2.26. The van der Waals surface area contributed by atoms with E-state index in [9.17, 15) is 4.79 Å². The Balaban J connectivity index is 1.63. The van der Waals surface area contributed by atoms with E-state index in [1.165, 1.54) is 5.56 Å². The number of anilines is 1. The number of rotatable bonds is 6. The Kier molecular flexibility index (Phi) is 5.08. The van der Waals surface area contributed by atoms with Gasteiger partial charge >= 0.3 is 0 Å². The summed E-state index contributed by atoms with van der Waals surface area (Å²) < 4.78 is 11.0. The summed E-state index contributed by atoms with van der Waals surface area (Å²) in [7, 11) is 0. The highest BCUT2D eigenvalue weighted by atomic mass is 16.5. The van der Waals surface area contributed by atoms with E-state index < -0.39 is 6.10 Å². The number of aryl methyl sites for hydroxylation is 2. The molecule has 1 aromatic carbocycles. The number of carbonyl (C=O) groups excluding carboxylic acids is 1. The molecule has 0 saturated heterocycles. The number of ether oxygens (including phenoxy) is 1. The predicted octanol–water partition coefficient (Wildman–Crippen LogP) is 3.29. The lowest BCUT2D eigenvalue weighted by Crippen LogP contribution is -2.36. The fourth-order valence-electron chi connectivity index (χ4n) is 3.09. The number of benzene rings is 1. The van der Waals surface area contributed by atoms with E-state index in [0.717, 1.165) is 41.4 Å². The van der Waals surface area contributed by atoms with Gasteiger partial charge < -0.3 is 19.9 Å². The first kappa shape index (κ1) is 17.5. The number of nitrogens with zero attached hydrogens (tertiary/aromatic N) is 1. The average Bonchev–Trinajstić information content (AvgIpc) is 2.92. The minimum atomic E-state index is -0.412. The maximum atomic E-state index is 11.9. The molecule has 0 saturated carbocycles. The van der Waals surface area contributed by atoms with E-state index in [1.54, 1.807) is 0 Å². The summed E-state index contributed by atoms with van der Waals surface area (Å²) in [6.45, 7) is 8.80. The van der Waals surface area contributed by atoms with Crippen molar-refractivity contribution in [1.82, 2.24) is 10.5 Å². The van der Waals surface area contributed by atoms with Crippen molar-refractivity contribution < 1.29 is 14.1 Å². The number of nitrogens with one attached hydrogen (secondary N) is 2. The summed E-state index contributed by atoms with van der Waals surface area (Å²) in [6.07, 6.45) is 1.12. The van der Waals surface area contributed by atoms with Crippen LogP contribution in [0.1, 0.15) is 48.9 Å². The highest BCUT2D eigenvalue weighted by molar-refractivity contribution is 5.97. The monoisotopic (exact) mass is 343 g/mol. The fraction of sp³-hybridized carbons (Fsp3) is 0.474. The molecule has 0 unspecified atom stereocenters. The lowest BCUT2D eigenvalue weighted by atomic mass is 10.0. The van der Waals surface area contributed by atoms with Crippen LogP contribution in [0.3, 0.4) is 0 Å². The predicted molar refractivity (Wildman–Crippen MR) is 95.9 cm³/mol. The van der Waals surface area contributed by atoms with Gasteiger partial charge in [-0.2, -0.15) is 0 Å². The van der Waals surface area contributed by atoms with Crippen LogP contribution in [0.4, 0.5) is 5.69 Å². The molecule has 1 aliphatic rings. The molecule has 2 aromatic rings. The molecular weight excluding hydrogens is 318 g/mol. The SMILES string of the molecule is CC[C@@H]1Oc2cc([C@@H](C)NCCc3c(C)noc3C)ccc2NC1=O. The summed E-state index contributed by atoms with van der Waals surface area (Å²) in [4.78, 5) is 11.9. The van der Waals surface area contributed by atoms with Gasteiger partial charge in [0, 0.05) is 11.6 Å². The molecule has 6 nitrogen and oxygen atoms in total. The number of hydrogen-bond donors (Lipinski definition) is 2. The second-order valence-corrected chi connectivity index (χ2v) is 6.49. The van der Waals surface area contributed by atoms with Crippen LogP contribution >= 0.6 is 0 Å². The van der Waals surface area contributed by atoms with Gasteiger partial charge in [0.1, 0.15) is 11.5 Å². The van der Waals surface area contributed by atoms with Gasteiger partial charge in [-0.1, -0.05) is 18.1 Å². The van der Waals surface area contributed by atoms with Crippen molar-refractivity contribution in [3.05, 3.63) is 40.8 Å². The topological polar surface area (TPSA) is 76.4 Å². The van der Waals surface area contributed by atoms with Crippen LogP contribution in [0.15, 0.2) is 22.7 Å². The Morgan fingerprint density at radius 1 is 1.36 bits per heavy atom. The van der Waals surface area contributed by atoms with E-state index in [2.05, 4.69) is 22.7 Å². The van der Waals surface area contributed by atoms with Crippen molar-refractivity contribution in [2.45, 2.75) is 52.7 Å². The van der Waals surface area contributed by atoms with E-state index in [4.69, 9.17) is 9.26 Å². The van der Waals surface area contributed by atoms with Gasteiger partial charge in [-0.3, -0.25) is 4.79 Å². The minimum Gasteiger partial charge on any atom is -0.478 e. The van der Waals surface area contributed by atoms with Gasteiger partial charge in [0.2, 0.25) is 0 Å². The zero-order chi connectivity index (χ0) is 18.0. The lowest BCUT2D eigenvalue weighted by Gasteiger charge is -2.26. The Morgan fingerprint density at radius 3 is 2.84 bits per heavy atom. The lowest BCUT2D eigenvalue weighted by molar-refractivity contribution is -0.123. The van der Waals surface area contributed by atoms with Crippen molar-refractivity contribution >= 4 is 11.6 Å². The van der Waals surface area contributed by atoms with Crippen LogP contribution in [0.2, 0.25) is 0 Å². The van der Waals surface area contributed by atoms with Crippen molar-refractivity contribution in [3.63, 3.8) is 0 Å². The van der Waals surface area contributed by atoms with Crippen LogP contribution in [-0.2, 0) is 11.2 Å². The summed E-state index contributed by atoms with van der Waals surface area (Å²) in [6, 6.07) is 6.10. The first-order chi connectivity index (χ1) is 12.0. The third-order valence-corrected chi connectivity index (χ3v) is 4.70. The molecule has 1 aromatic heterocycles. The highest BCUT2D eigenvalue weighted by Crippen LogP contribution is 2.33. The maximum absolute atomic E-state index is 11.9. The van der Waals surface area contributed by atoms with Gasteiger partial charge in [0.25, 0.3) is 5.91 Å². The minimum absolute atomic E-state index is 0.0756. The average molecular weight is 343 g/mol. The molecule has 0 aliphatic carbocycles. The molecule has 3 rings (SSSR count). The number of aromatic nitrogens is 1. The third kappa shape index (κ3) is 3.69. The second-order valence-electron chi connectivity index (χ2n) is 6.49. The Labute approximate surface area is 147 Å². The van der Waals surface area contributed by atoms with Crippen LogP contribution < -0.4 is 15.4 Å². The maximum Gasteiger partial charge on any atom is 0.265 e. The van der Waals surface area contributed by atoms with E-state index in [0.29, 0.717) is 6.42 Å². The van der Waals surface area contributed by atoms with Crippen LogP contribution in [-0.4, -0.2) is 23.7 Å². The zero-order valence-electron chi connectivity index (χ0n) is 15.2. The van der Waals surface area contributed by atoms with Crippen molar-refractivity contribution in [2.24, 2.45) is 0 Å². The molecule has 0 bridgehead atoms. The van der Waals surface area contributed by atoms with Gasteiger partial charge in [-0.25, -0.2) is 0 Å². The van der Waals surface area contributed by atoms with Gasteiger partial charge in [0.15, 0.2) is 6.10 Å². The zero-order valence-corrected chi connectivity index (χ0v) is 15.2. The Hall–Kier alpha value is -2.34. The third-order valence-electron chi connectivity index (χ3n) is 4.70. The van der Waals surface area contributed by atoms with E-state index >= 15 is 0 Å². The number of fused-ring (bicyclic) bond motifs is 1. The quantitative estimate of drug-likeness (QED) is 0.842. The Morgan fingerprint density at radius 2 is 2.16 bits per heavy atom. The molecule has 1 aliphatic heterocycles. The molecule has 6 heteroatoms. The van der Waals surface area contributed by atoms with E-state index in [-0.39, 0.29) is 11.9 Å². The van der Waals surface area contributed by atoms with Crippen LogP contribution in [0.25, 0.3) is 0 Å². The molecule has 0 fully saturated rings. The molecule has 134 valence electrons. The van der Waals surface area contributed by atoms with Gasteiger partial charge in [0.05, 0.1) is 11.4 Å². The normalized spacial score (nSPS) is 17.6. The molecule has 2 N–H and O–H groups in total. The molecule has 1 amide bonds. The molecule has 2 atom stereocenters. The van der Waals surface area contributed by atoms with Crippen molar-refractivity contribution in [2.75, 3.05) is 11.9 Å². The van der Waals surface area contributed by atoms with E-state index in [1.807, 2.05) is 39.0 Å². The summed E-state index contributed by atoms with van der Waals surface area (Å²) in [5, 5.41) is 10.4. The smallest absolute Gasteiger partial charge is 0.265 e. The number of carbonyl (C=O) groups is 1. The van der Waals surface area contributed by atoms with Gasteiger partial charge in [-0.15, -0.1) is 0 Å². The summed E-state index contributed by atoms with van der Waals surface area (Å²) in [5.74, 6) is 1.55. The molecular formula is C19H25N3O3. The second kappa shape index (κ2) is 7.27. The largest absolute Gasteiger partial charge is 0.478 e. The molecule has 0 spiro atoms. The molecule has 25 heavy (non-hydrogen) atoms. The van der Waals surface area contributed by atoms with Crippen LogP contribution in [0.5, 0.6) is 5.75 Å². The van der Waals surface area contributed by atoms with Crippen molar-refractivity contribution in [1.29, 1.82) is 0 Å². The first-order valence-electron chi connectivity index (χ1n) is 8.76. The summed E-state index contributed by atoms with van der Waals surface area (Å²) >= 11 is 0. The van der Waals surface area contributed by atoms with Gasteiger partial charge in [-0.05, 0) is 57.9 Å². The molecule has 2 heterocycles. The van der Waals surface area contributed by atoms with Crippen molar-refractivity contribution in [3.8, 4) is 5.75 Å². The summed E-state index contributed by atoms with van der Waals surface area (Å²) in [5.41, 5.74) is 3.99. The first-order valence-corrected chi connectivity index (χ1v) is 8.76. The Bertz CT molecular complexity index is 750. The standard InChI is InChI=1S/C19H25N3O3/c1-5-17-19(23)21-16-7-6-14(10-18(16)24-17)11(2)20-9-8-15-12(3)22-25-13(15)4/h6-7,10-11,17,20H,5,8-9H2,1-4H3,(H,21,23)/t11-,17+/m1/s1. The molecule has 0 radical (unpaired) electrons.